The second-order valence-corrected chi connectivity index (χ2v) is 6.72. The van der Waals surface area contributed by atoms with Crippen LogP contribution in [0.1, 0.15) is 39.2 Å². The van der Waals surface area contributed by atoms with Gasteiger partial charge < -0.3 is 20.1 Å². The van der Waals surface area contributed by atoms with Crippen molar-refractivity contribution < 1.29 is 28.2 Å². The Balaban J connectivity index is 2.21. The van der Waals surface area contributed by atoms with Gasteiger partial charge in [-0.05, 0) is 51.8 Å². The number of esters is 1. The lowest BCUT2D eigenvalue weighted by Gasteiger charge is -2.19. The van der Waals surface area contributed by atoms with E-state index >= 15 is 0 Å². The number of carbonyl (C=O) groups is 3. The fourth-order valence-corrected chi connectivity index (χ4v) is 1.86. The lowest BCUT2D eigenvalue weighted by atomic mass is 10.2. The molecular weight excluding hydrogens is 343 g/mol. The molecule has 2 amide bonds. The minimum Gasteiger partial charge on any atom is -0.456 e. The molecule has 0 unspecified atom stereocenters. The van der Waals surface area contributed by atoms with Crippen molar-refractivity contribution in [3.8, 4) is 0 Å². The zero-order valence-corrected chi connectivity index (χ0v) is 15.5. The standard InChI is InChI=1S/C18H25FN2O5/c1-12-7-8-14(13(19)10-12)21-15(22)11-25-16(23)6-5-9-20-17(24)26-18(2,3)4/h7-8,10H,5-6,9,11H2,1-4H3,(H,20,24)(H,21,22). The van der Waals surface area contributed by atoms with Crippen LogP contribution >= 0.6 is 0 Å². The van der Waals surface area contributed by atoms with Gasteiger partial charge in [-0.15, -0.1) is 0 Å². The van der Waals surface area contributed by atoms with Gasteiger partial charge in [0.25, 0.3) is 5.91 Å². The highest BCUT2D eigenvalue weighted by atomic mass is 19.1. The van der Waals surface area contributed by atoms with Gasteiger partial charge in [-0.3, -0.25) is 9.59 Å². The number of ether oxygens (including phenoxy) is 2. The Hall–Kier alpha value is -2.64. The quantitative estimate of drug-likeness (QED) is 0.570. The Morgan fingerprint density at radius 1 is 1.19 bits per heavy atom. The van der Waals surface area contributed by atoms with E-state index in [1.807, 2.05) is 0 Å². The molecule has 0 aliphatic rings. The Morgan fingerprint density at radius 3 is 2.50 bits per heavy atom. The molecule has 0 aliphatic heterocycles. The van der Waals surface area contributed by atoms with Gasteiger partial charge in [0, 0.05) is 13.0 Å². The van der Waals surface area contributed by atoms with E-state index in [2.05, 4.69) is 10.6 Å². The van der Waals surface area contributed by atoms with Crippen molar-refractivity contribution in [3.63, 3.8) is 0 Å². The van der Waals surface area contributed by atoms with Crippen LogP contribution in [-0.2, 0) is 19.1 Å². The second-order valence-electron chi connectivity index (χ2n) is 6.72. The number of benzene rings is 1. The summed E-state index contributed by atoms with van der Waals surface area (Å²) in [6.07, 6.45) is -0.195. The molecule has 0 radical (unpaired) electrons. The van der Waals surface area contributed by atoms with Crippen molar-refractivity contribution in [2.45, 2.75) is 46.1 Å². The number of nitrogens with one attached hydrogen (secondary N) is 2. The molecule has 26 heavy (non-hydrogen) atoms. The molecule has 1 aromatic carbocycles. The largest absolute Gasteiger partial charge is 0.456 e. The van der Waals surface area contributed by atoms with Gasteiger partial charge in [0.05, 0.1) is 5.69 Å². The van der Waals surface area contributed by atoms with Crippen LogP contribution in [0, 0.1) is 12.7 Å². The van der Waals surface area contributed by atoms with E-state index in [0.29, 0.717) is 6.42 Å². The zero-order chi connectivity index (χ0) is 19.7. The summed E-state index contributed by atoms with van der Waals surface area (Å²) >= 11 is 0. The molecule has 0 aliphatic carbocycles. The van der Waals surface area contributed by atoms with Crippen LogP contribution in [0.2, 0.25) is 0 Å². The fraction of sp³-hybridized carbons (Fsp3) is 0.500. The first-order chi connectivity index (χ1) is 12.1. The maximum absolute atomic E-state index is 13.6. The number of halogens is 1. The molecule has 0 fully saturated rings. The Morgan fingerprint density at radius 2 is 1.88 bits per heavy atom. The van der Waals surface area contributed by atoms with Crippen molar-refractivity contribution in [3.05, 3.63) is 29.6 Å². The summed E-state index contributed by atoms with van der Waals surface area (Å²) in [6, 6.07) is 4.38. The van der Waals surface area contributed by atoms with E-state index in [0.717, 1.165) is 5.56 Å². The van der Waals surface area contributed by atoms with Crippen molar-refractivity contribution in [2.24, 2.45) is 0 Å². The van der Waals surface area contributed by atoms with Crippen LogP contribution in [0.25, 0.3) is 0 Å². The smallest absolute Gasteiger partial charge is 0.407 e. The molecule has 7 nitrogen and oxygen atoms in total. The van der Waals surface area contributed by atoms with E-state index in [4.69, 9.17) is 9.47 Å². The number of rotatable bonds is 7. The summed E-state index contributed by atoms with van der Waals surface area (Å²) < 4.78 is 23.5. The van der Waals surface area contributed by atoms with E-state index in [1.54, 1.807) is 33.8 Å². The van der Waals surface area contributed by atoms with Gasteiger partial charge in [-0.2, -0.15) is 0 Å². The third kappa shape index (κ3) is 9.00. The number of hydrogen-bond acceptors (Lipinski definition) is 5. The normalized spacial score (nSPS) is 10.8. The fourth-order valence-electron chi connectivity index (χ4n) is 1.86. The lowest BCUT2D eigenvalue weighted by molar-refractivity contribution is -0.147. The molecule has 2 N–H and O–H groups in total. The molecule has 8 heteroatoms. The molecule has 0 atom stereocenters. The van der Waals surface area contributed by atoms with Crippen molar-refractivity contribution in [2.75, 3.05) is 18.5 Å². The molecule has 0 saturated heterocycles. The maximum atomic E-state index is 13.6. The van der Waals surface area contributed by atoms with Gasteiger partial charge in [0.15, 0.2) is 6.61 Å². The van der Waals surface area contributed by atoms with Crippen LogP contribution in [-0.4, -0.2) is 36.7 Å². The van der Waals surface area contributed by atoms with Gasteiger partial charge >= 0.3 is 12.1 Å². The van der Waals surface area contributed by atoms with Crippen molar-refractivity contribution in [1.82, 2.24) is 5.32 Å². The van der Waals surface area contributed by atoms with Crippen LogP contribution in [0.4, 0.5) is 14.9 Å². The summed E-state index contributed by atoms with van der Waals surface area (Å²) in [5, 5.41) is 4.84. The Bertz CT molecular complexity index is 655. The highest BCUT2D eigenvalue weighted by Gasteiger charge is 2.16. The second kappa shape index (κ2) is 9.74. The molecule has 0 heterocycles. The number of carbonyl (C=O) groups excluding carboxylic acids is 3. The predicted octanol–water partition coefficient (Wildman–Crippen LogP) is 2.92. The van der Waals surface area contributed by atoms with E-state index in [9.17, 15) is 18.8 Å². The van der Waals surface area contributed by atoms with Crippen LogP contribution in [0.3, 0.4) is 0 Å². The number of amides is 2. The molecule has 144 valence electrons. The molecule has 0 spiro atoms. The third-order valence-electron chi connectivity index (χ3n) is 2.99. The van der Waals surface area contributed by atoms with Gasteiger partial charge in [0.2, 0.25) is 0 Å². The predicted molar refractivity (Wildman–Crippen MR) is 94.2 cm³/mol. The molecule has 1 aromatic rings. The summed E-state index contributed by atoms with van der Waals surface area (Å²) in [4.78, 5) is 34.6. The lowest BCUT2D eigenvalue weighted by Crippen LogP contribution is -2.33. The third-order valence-corrected chi connectivity index (χ3v) is 2.99. The maximum Gasteiger partial charge on any atom is 0.407 e. The summed E-state index contributed by atoms with van der Waals surface area (Å²) in [5.74, 6) is -1.78. The van der Waals surface area contributed by atoms with Crippen LogP contribution in [0.15, 0.2) is 18.2 Å². The van der Waals surface area contributed by atoms with Crippen molar-refractivity contribution >= 4 is 23.7 Å². The van der Waals surface area contributed by atoms with Crippen LogP contribution < -0.4 is 10.6 Å². The summed E-state index contributed by atoms with van der Waals surface area (Å²) in [7, 11) is 0. The first-order valence-electron chi connectivity index (χ1n) is 8.25. The minimum atomic E-state index is -0.631. The number of anilines is 1. The summed E-state index contributed by atoms with van der Waals surface area (Å²) in [6.45, 7) is 6.71. The SMILES string of the molecule is Cc1ccc(NC(=O)COC(=O)CCCNC(=O)OC(C)(C)C)c(F)c1. The Kier molecular flexibility index (Phi) is 8.02. The first kappa shape index (κ1) is 21.4. The zero-order valence-electron chi connectivity index (χ0n) is 15.5. The molecule has 0 bridgehead atoms. The topological polar surface area (TPSA) is 93.7 Å². The molecule has 1 rings (SSSR count). The van der Waals surface area contributed by atoms with Gasteiger partial charge in [0.1, 0.15) is 11.4 Å². The van der Waals surface area contributed by atoms with Gasteiger partial charge in [-0.1, -0.05) is 6.07 Å². The van der Waals surface area contributed by atoms with Crippen molar-refractivity contribution in [1.29, 1.82) is 0 Å². The molecule has 0 saturated carbocycles. The number of alkyl carbamates (subject to hydrolysis) is 1. The molecule has 0 aromatic heterocycles. The van der Waals surface area contributed by atoms with E-state index in [-0.39, 0.29) is 18.7 Å². The summed E-state index contributed by atoms with van der Waals surface area (Å²) in [5.41, 5.74) is 0.165. The Labute approximate surface area is 152 Å². The first-order valence-corrected chi connectivity index (χ1v) is 8.25. The number of aryl methyl sites for hydroxylation is 1. The number of hydrogen-bond donors (Lipinski definition) is 2. The monoisotopic (exact) mass is 368 g/mol. The highest BCUT2D eigenvalue weighted by molar-refractivity contribution is 5.92. The average Bonchev–Trinajstić information content (AvgIpc) is 2.50. The van der Waals surface area contributed by atoms with E-state index in [1.165, 1.54) is 12.1 Å². The van der Waals surface area contributed by atoms with Crippen LogP contribution in [0.5, 0.6) is 0 Å². The average molecular weight is 368 g/mol. The minimum absolute atomic E-state index is 0.0261. The highest BCUT2D eigenvalue weighted by Crippen LogP contribution is 2.15. The van der Waals surface area contributed by atoms with E-state index < -0.39 is 36.0 Å². The molecular formula is C18H25FN2O5. The van der Waals surface area contributed by atoms with Gasteiger partial charge in [-0.25, -0.2) is 9.18 Å².